The Morgan fingerprint density at radius 2 is 0.439 bits per heavy atom. The van der Waals surface area contributed by atoms with Gasteiger partial charge >= 0.3 is 194 Å². The number of rotatable bonds is 68. The average molecular weight is 2420 g/mol. The van der Waals surface area contributed by atoms with Crippen LogP contribution in [0.25, 0.3) is 0 Å². The minimum absolute atomic E-state index is 0.0631. The number of unbranched alkanes of at least 4 members (excludes halogenated alkanes) is 2. The number of imide groups is 1. The first-order valence-corrected chi connectivity index (χ1v) is 124. The minimum atomic E-state index is -2.98. The highest BCUT2D eigenvalue weighted by molar-refractivity contribution is 6.98. The monoisotopic (exact) mass is 2410 g/mol. The Bertz CT molecular complexity index is 4120. The summed E-state index contributed by atoms with van der Waals surface area (Å²) >= 11 is 0. The van der Waals surface area contributed by atoms with Gasteiger partial charge in [-0.15, -0.1) is 5.06 Å². The molecule has 1 aliphatic heterocycles. The van der Waals surface area contributed by atoms with E-state index in [2.05, 4.69) is 171 Å². The van der Waals surface area contributed by atoms with Crippen molar-refractivity contribution in [2.24, 2.45) is 0 Å². The van der Waals surface area contributed by atoms with Crippen LogP contribution in [-0.4, -0.2) is 263 Å². The standard InChI is InChI=1S/C79H196N2O32Si26/c1-56-58-66-114(4,5)90-118(12,13)94-122(20,21)98-126(28,29)102-130(36,37)106-134(44,45)110-138(52,53)112-136(48,49)108-132(40,41)104-128(32,33)100-124(24,25)96-120(16,17)92-116(8,9)68-60-64-87-75-70-73(72(3)79(84)89-80-77(82)62-63-78(80)83)74(81(85)86)71-76(75)88-65-61-69-117(10,11)93-121(18,19)97-125(26,27)101-129(34,35)105-133(42,43)109-137(50,51)113-139(54,55)111-135(46,47)107-131(38,39)103-127(30,31)99-123(22,23)95-119(14,15)91-115(6,7)67-59-57-2/h70-72H,56-69H2,1-55H3. The van der Waals surface area contributed by atoms with Gasteiger partial charge in [0.25, 0.3) is 17.5 Å². The van der Waals surface area contributed by atoms with Crippen LogP contribution >= 0.6 is 0 Å². The van der Waals surface area contributed by atoms with E-state index < -0.39 is 256 Å². The fourth-order valence-corrected chi connectivity index (χ4v) is 154. The second-order valence-corrected chi connectivity index (χ2v) is 146. The van der Waals surface area contributed by atoms with E-state index in [-0.39, 0.29) is 43.1 Å². The maximum absolute atomic E-state index is 13.8. The summed E-state index contributed by atoms with van der Waals surface area (Å²) in [4.78, 5) is 56.6. The fourth-order valence-electron chi connectivity index (χ4n) is 20.0. The molecule has 139 heavy (non-hydrogen) atoms. The number of benzene rings is 1. The molecule has 1 saturated heterocycles. The highest BCUT2D eigenvalue weighted by atomic mass is 28.6. The Labute approximate surface area is 870 Å². The first-order valence-electron chi connectivity index (χ1n) is 49.7. The lowest BCUT2D eigenvalue weighted by atomic mass is 9.98. The van der Waals surface area contributed by atoms with Crippen LogP contribution in [0.3, 0.4) is 0 Å². The van der Waals surface area contributed by atoms with Crippen molar-refractivity contribution in [1.29, 1.82) is 0 Å². The topological polar surface area (TPSA) is 347 Å². The maximum atomic E-state index is 13.8. The van der Waals surface area contributed by atoms with Gasteiger partial charge in [0.1, 0.15) is 0 Å². The second-order valence-electron chi connectivity index (χ2n) is 49.2. The molecule has 2 amide bonds. The molecular formula is C79H196N2O32Si26. The summed E-state index contributed by atoms with van der Waals surface area (Å²) in [6, 6.07) is 6.11. The SMILES string of the molecule is CCCC[Si](C)(C)O[Si](C)(C)O[Si](C)(C)O[Si](C)(C)O[Si](C)(C)O[Si](C)(C)O[Si](C)(C)O[Si](C)(C)O[Si](C)(C)O[Si](C)(C)O[Si](C)(C)O[Si](C)(C)O[Si](C)(C)CCCOc1cc(C(C)C(=O)ON2C(=O)CCC2=O)c([N+](=O)[O-])cc1OCCC[Si](C)(C)O[Si](C)(C)O[Si](C)(C)O[Si](C)(C)O[Si](C)(C)O[Si](C)(C)O[Si](C)(C)O[Si](C)(C)O[Si](C)(C)O[Si](C)(C)O[Si](C)(C)O[Si](C)(C)O[Si](C)(C)CCCC. The molecule has 0 spiro atoms. The fraction of sp³-hybridized carbons (Fsp3) is 0.886. The molecule has 0 radical (unpaired) electrons. The minimum Gasteiger partial charge on any atom is -0.490 e. The largest absolute Gasteiger partial charge is 0.490 e. The molecule has 1 aromatic rings. The van der Waals surface area contributed by atoms with E-state index in [0.717, 1.165) is 37.8 Å². The molecule has 0 aliphatic carbocycles. The van der Waals surface area contributed by atoms with Crippen molar-refractivity contribution in [1.82, 2.24) is 5.06 Å². The smallest absolute Gasteiger partial charge is 0.340 e. The van der Waals surface area contributed by atoms with Crippen LogP contribution in [0.4, 0.5) is 5.69 Å². The van der Waals surface area contributed by atoms with Crippen LogP contribution in [0.15, 0.2) is 12.1 Å². The number of hydroxylamine groups is 2. The van der Waals surface area contributed by atoms with Crippen molar-refractivity contribution in [2.45, 2.75) is 443 Å². The van der Waals surface area contributed by atoms with Gasteiger partial charge in [-0.25, -0.2) is 4.79 Å². The molecular weight excluding hydrogens is 2220 g/mol. The molecule has 34 nitrogen and oxygen atoms in total. The van der Waals surface area contributed by atoms with Crippen LogP contribution in [0.2, 0.25) is 365 Å². The van der Waals surface area contributed by atoms with Crippen LogP contribution in [0, 0.1) is 10.1 Å². The van der Waals surface area contributed by atoms with Gasteiger partial charge in [-0.1, -0.05) is 39.5 Å². The zero-order chi connectivity index (χ0) is 109. The molecule has 0 N–H and O–H groups in total. The summed E-state index contributed by atoms with van der Waals surface area (Å²) in [5.74, 6) is -3.49. The number of carbonyl (C=O) groups excluding carboxylic acids is 3. The second kappa shape index (κ2) is 50.4. The Kier molecular flexibility index (Phi) is 49.5. The van der Waals surface area contributed by atoms with E-state index in [4.69, 9.17) is 113 Å². The van der Waals surface area contributed by atoms with E-state index in [9.17, 15) is 24.5 Å². The molecule has 0 saturated carbocycles. The number of nitrogens with zero attached hydrogens (tertiary/aromatic N) is 2. The summed E-state index contributed by atoms with van der Waals surface area (Å²) in [7, 11) is -71.7. The molecule has 1 unspecified atom stereocenters. The summed E-state index contributed by atoms with van der Waals surface area (Å²) in [6.45, 7) is 114. The number of hydrogen-bond donors (Lipinski definition) is 0. The zero-order valence-corrected chi connectivity index (χ0v) is 123. The van der Waals surface area contributed by atoms with Gasteiger partial charge in [0.2, 0.25) is 0 Å². The molecule has 2 rings (SSSR count). The number of amides is 2. The van der Waals surface area contributed by atoms with Crippen molar-refractivity contribution in [3.8, 4) is 11.5 Å². The lowest BCUT2D eigenvalue weighted by Crippen LogP contribution is -2.63. The average Bonchev–Trinajstić information content (AvgIpc) is 1.79. The number of hydrogen-bond acceptors (Lipinski definition) is 32. The molecule has 1 atom stereocenters. The Morgan fingerprint density at radius 3 is 0.604 bits per heavy atom. The number of nitro groups is 1. The third kappa shape index (κ3) is 56.3. The van der Waals surface area contributed by atoms with Crippen molar-refractivity contribution in [2.75, 3.05) is 13.2 Å². The van der Waals surface area contributed by atoms with Crippen molar-refractivity contribution >= 4 is 245 Å². The van der Waals surface area contributed by atoms with Gasteiger partial charge in [-0.3, -0.25) is 19.7 Å². The number of ether oxygens (including phenoxy) is 2. The van der Waals surface area contributed by atoms with Crippen molar-refractivity contribution in [3.63, 3.8) is 0 Å². The molecule has 0 aromatic heterocycles. The maximum Gasteiger partial charge on any atom is 0.340 e. The molecule has 1 aromatic carbocycles. The molecule has 1 aliphatic rings. The Balaban J connectivity index is 2.24. The van der Waals surface area contributed by atoms with Gasteiger partial charge in [0.15, 0.2) is 44.8 Å². The third-order valence-corrected chi connectivity index (χ3v) is 121. The first kappa shape index (κ1) is 137. The lowest BCUT2D eigenvalue weighted by molar-refractivity contribution is -0.385. The van der Waals surface area contributed by atoms with Crippen molar-refractivity contribution < 1.29 is 132 Å². The predicted molar refractivity (Wildman–Crippen MR) is 619 cm³/mol. The van der Waals surface area contributed by atoms with Gasteiger partial charge < -0.3 is 113 Å². The van der Waals surface area contributed by atoms with E-state index in [1.807, 2.05) is 183 Å². The summed E-state index contributed by atoms with van der Waals surface area (Å²) < 4.78 is 180. The van der Waals surface area contributed by atoms with E-state index in [0.29, 0.717) is 30.0 Å². The highest BCUT2D eigenvalue weighted by Crippen LogP contribution is 2.43. The molecule has 1 fully saturated rings. The van der Waals surface area contributed by atoms with E-state index in [1.165, 1.54) is 19.1 Å². The van der Waals surface area contributed by atoms with Crippen LogP contribution in [-0.2, 0) is 118 Å². The van der Waals surface area contributed by atoms with Crippen LogP contribution < -0.4 is 9.47 Å². The molecule has 1 heterocycles. The van der Waals surface area contributed by atoms with Gasteiger partial charge in [0.05, 0.1) is 30.1 Å². The quantitative estimate of drug-likeness (QED) is 0.0192. The summed E-state index contributed by atoms with van der Waals surface area (Å²) in [6.07, 6.45) is 5.33. The number of nitro benzene ring substituents is 1. The van der Waals surface area contributed by atoms with E-state index >= 15 is 0 Å². The molecule has 0 bridgehead atoms. The lowest BCUT2D eigenvalue weighted by Gasteiger charge is -2.45. The normalized spacial score (nSPS) is 15.9. The first-order chi connectivity index (χ1) is 61.2. The Morgan fingerprint density at radius 1 is 0.281 bits per heavy atom. The number of carbonyl (C=O) groups is 3. The predicted octanol–water partition coefficient (Wildman–Crippen LogP) is 25.1. The van der Waals surface area contributed by atoms with E-state index in [1.54, 1.807) is 0 Å². The molecule has 60 heteroatoms. The summed E-state index contributed by atoms with van der Waals surface area (Å²) in [5.41, 5.74) is -0.506. The molecule has 818 valence electrons. The zero-order valence-electron chi connectivity index (χ0n) is 97.1. The van der Waals surface area contributed by atoms with Gasteiger partial charge in [-0.05, 0) is 390 Å². The van der Waals surface area contributed by atoms with Crippen LogP contribution in [0.5, 0.6) is 11.5 Å². The third-order valence-electron chi connectivity index (χ3n) is 19.8. The van der Waals surface area contributed by atoms with Gasteiger partial charge in [0, 0.05) is 18.4 Å². The van der Waals surface area contributed by atoms with Crippen LogP contribution in [0.1, 0.15) is 83.6 Å². The van der Waals surface area contributed by atoms with Gasteiger partial charge in [-0.2, -0.15) is 0 Å². The highest BCUT2D eigenvalue weighted by Gasteiger charge is 2.57. The summed E-state index contributed by atoms with van der Waals surface area (Å²) in [5, 5.41) is 13.4. The Hall–Kier alpha value is 1.51. The van der Waals surface area contributed by atoms with Crippen molar-refractivity contribution in [3.05, 3.63) is 27.8 Å².